The van der Waals surface area contributed by atoms with Gasteiger partial charge in [-0.25, -0.2) is 0 Å². The van der Waals surface area contributed by atoms with Crippen molar-refractivity contribution in [2.24, 2.45) is 0 Å². The summed E-state index contributed by atoms with van der Waals surface area (Å²) in [6.07, 6.45) is 0. The summed E-state index contributed by atoms with van der Waals surface area (Å²) < 4.78 is 0. The number of rotatable bonds is 0. The van der Waals surface area contributed by atoms with Gasteiger partial charge in [0, 0.05) is 8.41 Å². The highest BCUT2D eigenvalue weighted by atomic mass is 35.5. The first-order valence-corrected chi connectivity index (χ1v) is 0. The molecule has 0 aliphatic carbocycles. The van der Waals surface area contributed by atoms with Gasteiger partial charge in [-0.1, -0.05) is 0 Å². The van der Waals surface area contributed by atoms with Gasteiger partial charge < -0.3 is 0 Å². The molecular weight excluding hydrogens is 210 g/mol. The molecule has 0 spiro atoms. The lowest BCUT2D eigenvalue weighted by Crippen LogP contribution is -0.381. The summed E-state index contributed by atoms with van der Waals surface area (Å²) in [4.78, 5) is 0. The van der Waals surface area contributed by atoms with Gasteiger partial charge in [0.2, 0.25) is 0 Å². The summed E-state index contributed by atoms with van der Waals surface area (Å²) in [6.45, 7) is 0. The van der Waals surface area contributed by atoms with Crippen LogP contribution in [0, 0.1) is 0 Å². The second-order valence-electron chi connectivity index (χ2n) is 0. The number of hydrogen-bond acceptors (Lipinski definition) is 0. The van der Waals surface area contributed by atoms with Crippen LogP contribution < -0.4 is 0 Å². The lowest BCUT2D eigenvalue weighted by Gasteiger charge is -0.270. The molecule has 0 rings (SSSR count). The zero-order chi connectivity index (χ0) is 0. The predicted molar refractivity (Wildman–Crippen MR) is 42.3 cm³/mol. The van der Waals surface area contributed by atoms with Crippen molar-refractivity contribution in [2.75, 3.05) is 0 Å². The Balaban J connectivity index is 0. The Kier molecular flexibility index (Phi) is 26900. The van der Waals surface area contributed by atoms with Crippen LogP contribution in [0.1, 0.15) is 0 Å². The van der Waals surface area contributed by atoms with E-state index in [0.717, 1.165) is 0 Å². The molecule has 0 aromatic rings. The van der Waals surface area contributed by atoms with Gasteiger partial charge in [0.1, 0.15) is 0 Å². The highest BCUT2D eigenvalue weighted by Crippen LogP contribution is 0.693. The molecular formula is H7BCl4F3. The van der Waals surface area contributed by atoms with E-state index in [1.165, 1.54) is 0 Å². The zero-order valence-corrected chi connectivity index (χ0v) is 6.70. The van der Waals surface area contributed by atoms with Crippen LogP contribution in [-0.2, 0) is 0 Å². The monoisotopic (exact) mass is 215 g/mol. The summed E-state index contributed by atoms with van der Waals surface area (Å²) in [7, 11) is 0. The van der Waals surface area contributed by atoms with Crippen LogP contribution in [0.25, 0.3) is 0 Å². The second-order valence-corrected chi connectivity index (χ2v) is 0. The molecule has 0 atom stereocenters. The van der Waals surface area contributed by atoms with Gasteiger partial charge in [0.15, 0.2) is 0 Å². The predicted octanol–water partition coefficient (Wildman–Crippen LogP) is 1.76. The van der Waals surface area contributed by atoms with Crippen LogP contribution in [0.5, 0.6) is 0 Å². The SMILES string of the molecule is Cl.Cl.Cl.Cl.F.F.F.[B]. The average Bonchev–Trinajstić information content (AvgIpc) is 0. The van der Waals surface area contributed by atoms with Crippen molar-refractivity contribution in [1.29, 1.82) is 0 Å². The number of hydrogen-bond donors (Lipinski definition) is 0. The van der Waals surface area contributed by atoms with Crippen molar-refractivity contribution >= 4 is 58.0 Å². The van der Waals surface area contributed by atoms with Gasteiger partial charge in [-0.05, 0) is 0 Å². The highest BCUT2D eigenvalue weighted by Gasteiger charge is 0.0000397. The summed E-state index contributed by atoms with van der Waals surface area (Å²) in [5, 5.41) is 0. The van der Waals surface area contributed by atoms with Gasteiger partial charge >= 0.3 is 0 Å². The largest absolute Gasteiger partial charge is 0.269 e. The van der Waals surface area contributed by atoms with E-state index < -0.39 is 0 Å². The van der Waals surface area contributed by atoms with E-state index in [2.05, 4.69) is 0 Å². The second kappa shape index (κ2) is 383. The molecule has 0 unspecified atom stereocenters. The van der Waals surface area contributed by atoms with Gasteiger partial charge in [0.25, 0.3) is 0 Å². The summed E-state index contributed by atoms with van der Waals surface area (Å²) >= 11 is 0. The Morgan fingerprint density at radius 1 is 0.375 bits per heavy atom. The Bertz CT molecular complexity index is 11.2. The smallest absolute Gasteiger partial charge is 0 e. The molecule has 0 heterocycles. The summed E-state index contributed by atoms with van der Waals surface area (Å²) in [5.41, 5.74) is 0. The molecule has 8 heteroatoms. The average molecular weight is 217 g/mol. The molecule has 3 radical (unpaired) electrons. The van der Waals surface area contributed by atoms with E-state index in [1.807, 2.05) is 0 Å². The number of halogens is 7. The van der Waals surface area contributed by atoms with E-state index in [-0.39, 0.29) is 72.2 Å². The van der Waals surface area contributed by atoms with Gasteiger partial charge in [-0.3, -0.25) is 14.1 Å². The maximum Gasteiger partial charge on any atom is 0 e. The fraction of sp³-hybridized carbons (Fsp3) is 0. The van der Waals surface area contributed by atoms with E-state index >= 15 is 0 Å². The third-order valence-electron chi connectivity index (χ3n) is 0. The van der Waals surface area contributed by atoms with E-state index in [0.29, 0.717) is 0 Å². The Morgan fingerprint density at radius 2 is 0.375 bits per heavy atom. The van der Waals surface area contributed by atoms with Crippen molar-refractivity contribution in [3.8, 4) is 0 Å². The molecule has 0 N–H and O–H groups in total. The summed E-state index contributed by atoms with van der Waals surface area (Å²) in [5.74, 6) is 0. The minimum atomic E-state index is 0. The molecule has 0 bridgehead atoms. The molecule has 0 amide bonds. The molecule has 0 saturated carbocycles. The molecule has 0 nitrogen and oxygen atoms in total. The van der Waals surface area contributed by atoms with Crippen molar-refractivity contribution in [1.82, 2.24) is 0 Å². The fourth-order valence-electron chi connectivity index (χ4n) is 0. The zero-order valence-electron chi connectivity index (χ0n) is 3.44. The van der Waals surface area contributed by atoms with Crippen LogP contribution in [0.15, 0.2) is 0 Å². The van der Waals surface area contributed by atoms with Gasteiger partial charge in [0.05, 0.1) is 0 Å². The summed E-state index contributed by atoms with van der Waals surface area (Å²) in [6, 6.07) is 0. The third-order valence-corrected chi connectivity index (χ3v) is 0. The van der Waals surface area contributed by atoms with E-state index in [4.69, 9.17) is 0 Å². The van der Waals surface area contributed by atoms with Gasteiger partial charge in [-0.2, -0.15) is 0 Å². The first kappa shape index (κ1) is 562. The molecule has 0 aliphatic heterocycles. The van der Waals surface area contributed by atoms with Crippen LogP contribution in [0.2, 0.25) is 0 Å². The highest BCUT2D eigenvalue weighted by molar-refractivity contribution is 5.86. The minimum Gasteiger partial charge on any atom is -0.269 e. The minimum absolute atomic E-state index is 0. The standard InChI is InChI=1S/B.4ClH.3FH/h;7*1H. The molecule has 0 aliphatic rings. The molecule has 0 saturated heterocycles. The molecule has 59 valence electrons. The molecule has 0 aromatic heterocycles. The lowest BCUT2D eigenvalue weighted by atomic mass is 10.8. The normalized spacial score (nSPS) is 0. The first-order chi connectivity index (χ1) is 0. The lowest BCUT2D eigenvalue weighted by molar-refractivity contribution is 1.11. The van der Waals surface area contributed by atoms with E-state index in [9.17, 15) is 0 Å². The van der Waals surface area contributed by atoms with Crippen molar-refractivity contribution in [3.63, 3.8) is 0 Å². The van der Waals surface area contributed by atoms with Crippen LogP contribution in [0.4, 0.5) is 14.1 Å². The quantitative estimate of drug-likeness (QED) is 0.542. The van der Waals surface area contributed by atoms with Crippen LogP contribution in [-0.4, -0.2) is 8.41 Å². The van der Waals surface area contributed by atoms with Crippen molar-refractivity contribution in [3.05, 3.63) is 0 Å². The molecule has 0 aromatic carbocycles. The maximum atomic E-state index is 0. The Hall–Kier alpha value is 1.01. The van der Waals surface area contributed by atoms with Gasteiger partial charge in [-0.15, -0.1) is 49.6 Å². The van der Waals surface area contributed by atoms with Crippen LogP contribution in [0.3, 0.4) is 0 Å². The Labute approximate surface area is 72.5 Å². The fourth-order valence-corrected chi connectivity index (χ4v) is 0. The third kappa shape index (κ3) is 246. The first-order valence-electron chi connectivity index (χ1n) is 0. The molecule has 8 heavy (non-hydrogen) atoms. The van der Waals surface area contributed by atoms with Crippen molar-refractivity contribution in [2.45, 2.75) is 0 Å². The molecule has 0 fully saturated rings. The Morgan fingerprint density at radius 3 is 0.375 bits per heavy atom. The topological polar surface area (TPSA) is 0 Å². The van der Waals surface area contributed by atoms with E-state index in [1.54, 1.807) is 0 Å². The van der Waals surface area contributed by atoms with Crippen molar-refractivity contribution < 1.29 is 14.1 Å². The van der Waals surface area contributed by atoms with Crippen LogP contribution >= 0.6 is 49.6 Å². The maximum absolute atomic E-state index is 0.